The van der Waals surface area contributed by atoms with Gasteiger partial charge in [0.2, 0.25) is 0 Å². The van der Waals surface area contributed by atoms with Crippen LogP contribution < -0.4 is 5.32 Å². The summed E-state index contributed by atoms with van der Waals surface area (Å²) in [4.78, 5) is 21.7. The number of carbonyl (C=O) groups excluding carboxylic acids is 1. The number of alkyl halides is 3. The molecule has 0 bridgehead atoms. The number of piperazine rings is 1. The molecule has 0 aliphatic carbocycles. The Bertz CT molecular complexity index is 1750. The fourth-order valence-corrected chi connectivity index (χ4v) is 5.12. The number of halogens is 3. The molecule has 3 aromatic heterocycles. The van der Waals surface area contributed by atoms with Crippen molar-refractivity contribution in [3.63, 3.8) is 0 Å². The average molecular weight is 575 g/mol. The zero-order chi connectivity index (χ0) is 29.4. The maximum atomic E-state index is 14.0. The molecule has 4 heterocycles. The minimum atomic E-state index is -4.55. The first-order valence-corrected chi connectivity index (χ1v) is 13.5. The normalized spacial score (nSPS) is 14.9. The van der Waals surface area contributed by atoms with Crippen LogP contribution in [0.25, 0.3) is 22.7 Å². The number of carbonyl (C=O) groups is 1. The van der Waals surface area contributed by atoms with Crippen LogP contribution in [0.1, 0.15) is 27.0 Å². The minimum absolute atomic E-state index is 0.0761. The Kier molecular flexibility index (Phi) is 7.25. The molecule has 216 valence electrons. The Balaban J connectivity index is 1.23. The molecule has 1 fully saturated rings. The summed E-state index contributed by atoms with van der Waals surface area (Å²) >= 11 is 0. The molecular formula is C30H29F3N8O. The standard InChI is InChI=1S/C30H29F3N8O/c1-20-6-7-21(15-26(20)41-19-25(36-37-41)27-17-34-28-5-3-4-10-40(27)28)29(42)35-23-9-8-22(24(16-23)30(31,32)33)18-39-13-11-38(2)12-14-39/h3-10,15-17,19H,11-14,18H2,1-2H3,(H,35,42). The number of aromatic nitrogens is 5. The average Bonchev–Trinajstić information content (AvgIpc) is 3.62. The molecule has 1 saturated heterocycles. The fourth-order valence-electron chi connectivity index (χ4n) is 5.12. The summed E-state index contributed by atoms with van der Waals surface area (Å²) in [6.07, 6.45) is 0.794. The summed E-state index contributed by atoms with van der Waals surface area (Å²) in [6, 6.07) is 14.7. The van der Waals surface area contributed by atoms with E-state index in [1.54, 1.807) is 35.3 Å². The highest BCUT2D eigenvalue weighted by atomic mass is 19.4. The number of aryl methyl sites for hydroxylation is 1. The number of nitrogens with one attached hydrogen (secondary N) is 1. The zero-order valence-electron chi connectivity index (χ0n) is 23.1. The van der Waals surface area contributed by atoms with Crippen molar-refractivity contribution in [2.45, 2.75) is 19.6 Å². The number of hydrogen-bond donors (Lipinski definition) is 1. The van der Waals surface area contributed by atoms with Crippen LogP contribution >= 0.6 is 0 Å². The lowest BCUT2D eigenvalue weighted by Crippen LogP contribution is -2.44. The van der Waals surface area contributed by atoms with Gasteiger partial charge in [0.15, 0.2) is 0 Å². The molecule has 2 aromatic carbocycles. The number of anilines is 1. The molecule has 42 heavy (non-hydrogen) atoms. The largest absolute Gasteiger partial charge is 0.416 e. The number of hydrogen-bond acceptors (Lipinski definition) is 6. The van der Waals surface area contributed by atoms with E-state index >= 15 is 0 Å². The molecule has 0 spiro atoms. The van der Waals surface area contributed by atoms with Crippen LogP contribution in [0.5, 0.6) is 0 Å². The number of imidazole rings is 1. The van der Waals surface area contributed by atoms with E-state index in [1.807, 2.05) is 47.7 Å². The molecule has 1 N–H and O–H groups in total. The smallest absolute Gasteiger partial charge is 0.322 e. The Morgan fingerprint density at radius 1 is 1.02 bits per heavy atom. The van der Waals surface area contributed by atoms with E-state index in [4.69, 9.17) is 0 Å². The van der Waals surface area contributed by atoms with Gasteiger partial charge in [0.25, 0.3) is 5.91 Å². The van der Waals surface area contributed by atoms with Crippen LogP contribution in [0.3, 0.4) is 0 Å². The van der Waals surface area contributed by atoms with Crippen molar-refractivity contribution in [2.75, 3.05) is 38.5 Å². The van der Waals surface area contributed by atoms with Crippen LogP contribution in [-0.4, -0.2) is 73.3 Å². The molecule has 12 heteroatoms. The molecule has 1 aliphatic rings. The molecule has 1 aliphatic heterocycles. The molecule has 6 rings (SSSR count). The topological polar surface area (TPSA) is 83.6 Å². The minimum Gasteiger partial charge on any atom is -0.322 e. The highest BCUT2D eigenvalue weighted by Crippen LogP contribution is 2.35. The van der Waals surface area contributed by atoms with Gasteiger partial charge in [0, 0.05) is 50.2 Å². The predicted molar refractivity (Wildman–Crippen MR) is 152 cm³/mol. The number of rotatable bonds is 6. The van der Waals surface area contributed by atoms with Gasteiger partial charge in [-0.3, -0.25) is 14.1 Å². The summed E-state index contributed by atoms with van der Waals surface area (Å²) in [5, 5.41) is 11.2. The Hall–Kier alpha value is -4.55. The third-order valence-electron chi connectivity index (χ3n) is 7.55. The van der Waals surface area contributed by atoms with Crippen molar-refractivity contribution in [3.8, 4) is 17.1 Å². The summed E-state index contributed by atoms with van der Waals surface area (Å²) in [5.74, 6) is -0.529. The van der Waals surface area contributed by atoms with Gasteiger partial charge in [-0.15, -0.1) is 5.10 Å². The van der Waals surface area contributed by atoms with Gasteiger partial charge in [-0.1, -0.05) is 23.4 Å². The van der Waals surface area contributed by atoms with Crippen molar-refractivity contribution in [2.24, 2.45) is 0 Å². The van der Waals surface area contributed by atoms with Gasteiger partial charge in [-0.05, 0) is 61.5 Å². The first-order chi connectivity index (χ1) is 20.2. The molecule has 5 aromatic rings. The first kappa shape index (κ1) is 27.6. The fraction of sp³-hybridized carbons (Fsp3) is 0.267. The lowest BCUT2D eigenvalue weighted by Gasteiger charge is -2.33. The zero-order valence-corrected chi connectivity index (χ0v) is 23.1. The molecule has 0 atom stereocenters. The molecule has 0 radical (unpaired) electrons. The summed E-state index contributed by atoms with van der Waals surface area (Å²) in [5.41, 5.74) is 3.39. The van der Waals surface area contributed by atoms with E-state index < -0.39 is 17.6 Å². The van der Waals surface area contributed by atoms with E-state index in [0.29, 0.717) is 24.5 Å². The summed E-state index contributed by atoms with van der Waals surface area (Å²) < 4.78 is 45.5. The van der Waals surface area contributed by atoms with E-state index in [0.717, 1.165) is 36.1 Å². The van der Waals surface area contributed by atoms with Crippen LogP contribution in [0.15, 0.2) is 73.2 Å². The lowest BCUT2D eigenvalue weighted by atomic mass is 10.0. The second kappa shape index (κ2) is 11.0. The maximum absolute atomic E-state index is 14.0. The van der Waals surface area contributed by atoms with Crippen molar-refractivity contribution >= 4 is 17.2 Å². The summed E-state index contributed by atoms with van der Waals surface area (Å²) in [6.45, 7) is 5.10. The lowest BCUT2D eigenvalue weighted by molar-refractivity contribution is -0.138. The number of benzene rings is 2. The first-order valence-electron chi connectivity index (χ1n) is 13.5. The second-order valence-corrected chi connectivity index (χ2v) is 10.5. The number of amides is 1. The van der Waals surface area contributed by atoms with E-state index in [9.17, 15) is 18.0 Å². The molecule has 0 saturated carbocycles. The van der Waals surface area contributed by atoms with Crippen LogP contribution in [0.2, 0.25) is 0 Å². The Labute approximate surface area is 240 Å². The third-order valence-corrected chi connectivity index (χ3v) is 7.55. The van der Waals surface area contributed by atoms with Gasteiger partial charge < -0.3 is 10.2 Å². The number of likely N-dealkylation sites (N-methyl/N-ethyl adjacent to an activating group) is 1. The van der Waals surface area contributed by atoms with Crippen LogP contribution in [0.4, 0.5) is 18.9 Å². The monoisotopic (exact) mass is 574 g/mol. The van der Waals surface area contributed by atoms with Crippen molar-refractivity contribution in [1.82, 2.24) is 34.2 Å². The predicted octanol–water partition coefficient (Wildman–Crippen LogP) is 4.91. The number of fused-ring (bicyclic) bond motifs is 1. The number of pyridine rings is 1. The Morgan fingerprint density at radius 2 is 1.83 bits per heavy atom. The van der Waals surface area contributed by atoms with Crippen molar-refractivity contribution < 1.29 is 18.0 Å². The van der Waals surface area contributed by atoms with Crippen molar-refractivity contribution in [1.29, 1.82) is 0 Å². The highest BCUT2D eigenvalue weighted by molar-refractivity contribution is 6.04. The number of nitrogens with zero attached hydrogens (tertiary/aromatic N) is 7. The second-order valence-electron chi connectivity index (χ2n) is 10.5. The molecular weight excluding hydrogens is 545 g/mol. The summed E-state index contributed by atoms with van der Waals surface area (Å²) in [7, 11) is 2.00. The van der Waals surface area contributed by atoms with Gasteiger partial charge in [0.1, 0.15) is 11.3 Å². The SMILES string of the molecule is Cc1ccc(C(=O)Nc2ccc(CN3CCN(C)CC3)c(C(F)(F)F)c2)cc1-n1cc(-c2cnc3ccccn23)nn1. The van der Waals surface area contributed by atoms with Crippen LogP contribution in [-0.2, 0) is 12.7 Å². The molecule has 0 unspecified atom stereocenters. The van der Waals surface area contributed by atoms with Crippen molar-refractivity contribution in [3.05, 3.63) is 95.4 Å². The quantitative estimate of drug-likeness (QED) is 0.311. The molecule has 1 amide bonds. The highest BCUT2D eigenvalue weighted by Gasteiger charge is 2.34. The molecule has 9 nitrogen and oxygen atoms in total. The maximum Gasteiger partial charge on any atom is 0.416 e. The van der Waals surface area contributed by atoms with Gasteiger partial charge >= 0.3 is 6.18 Å². The van der Waals surface area contributed by atoms with E-state index in [2.05, 4.69) is 25.5 Å². The van der Waals surface area contributed by atoms with Gasteiger partial charge in [-0.25, -0.2) is 9.67 Å². The van der Waals surface area contributed by atoms with Crippen LogP contribution in [0, 0.1) is 6.92 Å². The third kappa shape index (κ3) is 5.63. The van der Waals surface area contributed by atoms with E-state index in [-0.39, 0.29) is 23.4 Å². The van der Waals surface area contributed by atoms with Gasteiger partial charge in [-0.2, -0.15) is 13.2 Å². The Morgan fingerprint density at radius 3 is 2.62 bits per heavy atom. The van der Waals surface area contributed by atoms with Gasteiger partial charge in [0.05, 0.1) is 29.3 Å². The van der Waals surface area contributed by atoms with E-state index in [1.165, 1.54) is 12.1 Å².